The van der Waals surface area contributed by atoms with E-state index < -0.39 is 0 Å². The summed E-state index contributed by atoms with van der Waals surface area (Å²) in [5.74, 6) is 0.834. The molecule has 0 saturated carbocycles. The lowest BCUT2D eigenvalue weighted by Gasteiger charge is -2.21. The van der Waals surface area contributed by atoms with Crippen LogP contribution in [0.25, 0.3) is 0 Å². The predicted octanol–water partition coefficient (Wildman–Crippen LogP) is 1.82. The summed E-state index contributed by atoms with van der Waals surface area (Å²) in [5, 5.41) is 8.77. The van der Waals surface area contributed by atoms with Gasteiger partial charge >= 0.3 is 0 Å². The number of likely N-dealkylation sites (N-methyl/N-ethyl adjacent to an activating group) is 1. The van der Waals surface area contributed by atoms with Crippen LogP contribution in [0.15, 0.2) is 18.2 Å². The van der Waals surface area contributed by atoms with Crippen LogP contribution in [0.2, 0.25) is 0 Å². The number of hydrogen-bond acceptors (Lipinski definition) is 4. The van der Waals surface area contributed by atoms with Crippen LogP contribution in [0.3, 0.4) is 0 Å². The molecule has 1 aromatic rings. The maximum Gasteiger partial charge on any atom is 0.142 e. The molecule has 0 bridgehead atoms. The molecule has 0 saturated heterocycles. The highest BCUT2D eigenvalue weighted by Crippen LogP contribution is 2.10. The van der Waals surface area contributed by atoms with Crippen molar-refractivity contribution in [1.29, 1.82) is 5.26 Å². The molecular weight excluding hydrogens is 202 g/mol. The van der Waals surface area contributed by atoms with Crippen LogP contribution in [-0.2, 0) is 4.74 Å². The van der Waals surface area contributed by atoms with Gasteiger partial charge in [-0.3, -0.25) is 0 Å². The van der Waals surface area contributed by atoms with E-state index in [9.17, 15) is 0 Å². The third-order valence-electron chi connectivity index (χ3n) is 2.26. The first-order valence-electron chi connectivity index (χ1n) is 5.51. The average Bonchev–Trinajstić information content (AvgIpc) is 2.35. The van der Waals surface area contributed by atoms with Crippen LogP contribution in [0.4, 0.5) is 5.82 Å². The van der Waals surface area contributed by atoms with Gasteiger partial charge in [0, 0.05) is 19.7 Å². The zero-order chi connectivity index (χ0) is 11.8. The van der Waals surface area contributed by atoms with Gasteiger partial charge < -0.3 is 9.64 Å². The molecule has 4 nitrogen and oxygen atoms in total. The van der Waals surface area contributed by atoms with E-state index in [1.165, 1.54) is 0 Å². The summed E-state index contributed by atoms with van der Waals surface area (Å²) >= 11 is 0. The number of pyridine rings is 1. The third-order valence-corrected chi connectivity index (χ3v) is 2.26. The maximum absolute atomic E-state index is 8.77. The number of hydrogen-bond donors (Lipinski definition) is 0. The van der Waals surface area contributed by atoms with Crippen LogP contribution in [-0.4, -0.2) is 31.3 Å². The van der Waals surface area contributed by atoms with E-state index in [0.29, 0.717) is 12.3 Å². The van der Waals surface area contributed by atoms with Crippen LogP contribution in [0.5, 0.6) is 0 Å². The molecule has 0 fully saturated rings. The fourth-order valence-electron chi connectivity index (χ4n) is 1.42. The third kappa shape index (κ3) is 3.52. The second-order valence-electron chi connectivity index (χ2n) is 3.27. The number of aromatic nitrogens is 1. The van der Waals surface area contributed by atoms with Crippen molar-refractivity contribution in [2.24, 2.45) is 0 Å². The Morgan fingerprint density at radius 1 is 1.44 bits per heavy atom. The van der Waals surface area contributed by atoms with Crippen molar-refractivity contribution >= 4 is 5.82 Å². The fraction of sp³-hybridized carbons (Fsp3) is 0.500. The molecule has 86 valence electrons. The zero-order valence-electron chi connectivity index (χ0n) is 9.81. The summed E-state index contributed by atoms with van der Waals surface area (Å²) in [6.07, 6.45) is 0. The van der Waals surface area contributed by atoms with E-state index in [1.54, 1.807) is 6.07 Å². The monoisotopic (exact) mass is 219 g/mol. The number of anilines is 1. The van der Waals surface area contributed by atoms with E-state index >= 15 is 0 Å². The quantitative estimate of drug-likeness (QED) is 0.685. The van der Waals surface area contributed by atoms with Crippen molar-refractivity contribution < 1.29 is 4.74 Å². The Kier molecular flexibility index (Phi) is 5.30. The first-order chi connectivity index (χ1) is 7.81. The lowest BCUT2D eigenvalue weighted by Crippen LogP contribution is -2.28. The standard InChI is InChI=1S/C12H17N3O/c1-3-15(8-9-16-4-2)12-7-5-6-11(10-13)14-12/h5-7H,3-4,8-9H2,1-2H3. The molecule has 0 spiro atoms. The van der Waals surface area contributed by atoms with Gasteiger partial charge in [-0.05, 0) is 26.0 Å². The molecule has 0 atom stereocenters. The Bertz CT molecular complexity index is 360. The minimum absolute atomic E-state index is 0.451. The van der Waals surface area contributed by atoms with Gasteiger partial charge in [-0.25, -0.2) is 4.98 Å². The maximum atomic E-state index is 8.77. The zero-order valence-corrected chi connectivity index (χ0v) is 9.81. The van der Waals surface area contributed by atoms with Crippen molar-refractivity contribution in [2.45, 2.75) is 13.8 Å². The Morgan fingerprint density at radius 2 is 2.25 bits per heavy atom. The van der Waals surface area contributed by atoms with E-state index in [0.717, 1.165) is 25.5 Å². The number of ether oxygens (including phenoxy) is 1. The Morgan fingerprint density at radius 3 is 2.88 bits per heavy atom. The molecule has 1 rings (SSSR count). The van der Waals surface area contributed by atoms with Crippen molar-refractivity contribution in [3.8, 4) is 6.07 Å². The fourth-order valence-corrected chi connectivity index (χ4v) is 1.42. The van der Waals surface area contributed by atoms with Crippen molar-refractivity contribution in [1.82, 2.24) is 4.98 Å². The molecule has 0 N–H and O–H groups in total. The summed E-state index contributed by atoms with van der Waals surface area (Å²) in [7, 11) is 0. The summed E-state index contributed by atoms with van der Waals surface area (Å²) in [4.78, 5) is 6.34. The largest absolute Gasteiger partial charge is 0.380 e. The minimum Gasteiger partial charge on any atom is -0.380 e. The molecule has 0 aliphatic rings. The lowest BCUT2D eigenvalue weighted by atomic mass is 10.3. The molecule has 0 unspecified atom stereocenters. The topological polar surface area (TPSA) is 49.1 Å². The Balaban J connectivity index is 2.67. The van der Waals surface area contributed by atoms with E-state index in [2.05, 4.69) is 16.8 Å². The first kappa shape index (κ1) is 12.5. The molecule has 0 aromatic carbocycles. The van der Waals surface area contributed by atoms with E-state index in [1.807, 2.05) is 25.1 Å². The smallest absolute Gasteiger partial charge is 0.142 e. The Hall–Kier alpha value is -1.60. The highest BCUT2D eigenvalue weighted by atomic mass is 16.5. The van der Waals surface area contributed by atoms with Crippen LogP contribution in [0.1, 0.15) is 19.5 Å². The van der Waals surface area contributed by atoms with Gasteiger partial charge in [-0.2, -0.15) is 5.26 Å². The molecule has 0 radical (unpaired) electrons. The lowest BCUT2D eigenvalue weighted by molar-refractivity contribution is 0.154. The van der Waals surface area contributed by atoms with Gasteiger partial charge in [0.25, 0.3) is 0 Å². The number of rotatable bonds is 6. The van der Waals surface area contributed by atoms with Gasteiger partial charge in [0.1, 0.15) is 17.6 Å². The molecular formula is C12H17N3O. The van der Waals surface area contributed by atoms with Crippen molar-refractivity contribution in [2.75, 3.05) is 31.2 Å². The first-order valence-corrected chi connectivity index (χ1v) is 5.51. The summed E-state index contributed by atoms with van der Waals surface area (Å²) in [5.41, 5.74) is 0.451. The normalized spacial score (nSPS) is 9.81. The summed E-state index contributed by atoms with van der Waals surface area (Å²) < 4.78 is 5.31. The SMILES string of the molecule is CCOCCN(CC)c1cccc(C#N)n1. The summed E-state index contributed by atoms with van der Waals surface area (Å²) in [6.45, 7) is 7.10. The molecule has 4 heteroatoms. The van der Waals surface area contributed by atoms with Gasteiger partial charge in [-0.15, -0.1) is 0 Å². The molecule has 16 heavy (non-hydrogen) atoms. The van der Waals surface area contributed by atoms with Crippen molar-refractivity contribution in [3.63, 3.8) is 0 Å². The van der Waals surface area contributed by atoms with Crippen LogP contribution < -0.4 is 4.90 Å². The summed E-state index contributed by atoms with van der Waals surface area (Å²) in [6, 6.07) is 7.52. The second-order valence-corrected chi connectivity index (χ2v) is 3.27. The van der Waals surface area contributed by atoms with Gasteiger partial charge in [0.05, 0.1) is 6.61 Å². The van der Waals surface area contributed by atoms with E-state index in [-0.39, 0.29) is 0 Å². The highest BCUT2D eigenvalue weighted by Gasteiger charge is 2.05. The predicted molar refractivity (Wildman–Crippen MR) is 63.3 cm³/mol. The number of nitrogens with zero attached hydrogens (tertiary/aromatic N) is 3. The van der Waals surface area contributed by atoms with Gasteiger partial charge in [0.2, 0.25) is 0 Å². The van der Waals surface area contributed by atoms with Gasteiger partial charge in [-0.1, -0.05) is 6.07 Å². The van der Waals surface area contributed by atoms with E-state index in [4.69, 9.17) is 10.00 Å². The second kappa shape index (κ2) is 6.81. The molecule has 1 heterocycles. The minimum atomic E-state index is 0.451. The molecule has 0 amide bonds. The molecule has 0 aliphatic carbocycles. The highest BCUT2D eigenvalue weighted by molar-refractivity contribution is 5.41. The van der Waals surface area contributed by atoms with Crippen LogP contribution in [0, 0.1) is 11.3 Å². The van der Waals surface area contributed by atoms with Gasteiger partial charge in [0.15, 0.2) is 0 Å². The van der Waals surface area contributed by atoms with Crippen LogP contribution >= 0.6 is 0 Å². The molecule has 1 aromatic heterocycles. The number of nitriles is 1. The van der Waals surface area contributed by atoms with Crippen molar-refractivity contribution in [3.05, 3.63) is 23.9 Å². The molecule has 0 aliphatic heterocycles. The Labute approximate surface area is 96.5 Å². The average molecular weight is 219 g/mol.